The highest BCUT2D eigenvalue weighted by Crippen LogP contribution is 2.25. The molecule has 0 amide bonds. The molecule has 14 heavy (non-hydrogen) atoms. The van der Waals surface area contributed by atoms with Gasteiger partial charge in [-0.05, 0) is 54.9 Å². The molecule has 0 fully saturated rings. The first-order chi connectivity index (χ1) is 6.55. The molecule has 0 saturated heterocycles. The van der Waals surface area contributed by atoms with Crippen molar-refractivity contribution in [1.29, 1.82) is 0 Å². The Morgan fingerprint density at radius 3 is 2.57 bits per heavy atom. The van der Waals surface area contributed by atoms with Gasteiger partial charge < -0.3 is 11.1 Å². The highest BCUT2D eigenvalue weighted by molar-refractivity contribution is 9.10. The molecule has 0 spiro atoms. The SMILES string of the molecule is CC(C)(CCN)Nc1ccccc1Br. The predicted octanol–water partition coefficient (Wildman–Crippen LogP) is 2.99. The zero-order valence-electron chi connectivity index (χ0n) is 8.68. The number of benzene rings is 1. The van der Waals surface area contributed by atoms with Crippen LogP contribution in [0.3, 0.4) is 0 Å². The molecule has 0 heterocycles. The van der Waals surface area contributed by atoms with E-state index in [1.54, 1.807) is 0 Å². The Hall–Kier alpha value is -0.540. The normalized spacial score (nSPS) is 11.4. The van der Waals surface area contributed by atoms with Gasteiger partial charge in [-0.15, -0.1) is 0 Å². The maximum absolute atomic E-state index is 5.55. The van der Waals surface area contributed by atoms with Crippen molar-refractivity contribution in [3.8, 4) is 0 Å². The van der Waals surface area contributed by atoms with Gasteiger partial charge in [-0.25, -0.2) is 0 Å². The van der Waals surface area contributed by atoms with E-state index in [1.165, 1.54) is 0 Å². The summed E-state index contributed by atoms with van der Waals surface area (Å²) in [6.07, 6.45) is 0.953. The van der Waals surface area contributed by atoms with E-state index in [-0.39, 0.29) is 5.54 Å². The van der Waals surface area contributed by atoms with Crippen LogP contribution < -0.4 is 11.1 Å². The molecule has 0 aliphatic carbocycles. The third-order valence-corrected chi connectivity index (χ3v) is 2.81. The fraction of sp³-hybridized carbons (Fsp3) is 0.455. The van der Waals surface area contributed by atoms with Crippen LogP contribution in [-0.2, 0) is 0 Å². The van der Waals surface area contributed by atoms with Gasteiger partial charge in [0.15, 0.2) is 0 Å². The first-order valence-corrected chi connectivity index (χ1v) is 5.57. The molecule has 0 aliphatic rings. The summed E-state index contributed by atoms with van der Waals surface area (Å²) >= 11 is 3.51. The minimum atomic E-state index is 0.0403. The number of rotatable bonds is 4. The van der Waals surface area contributed by atoms with Crippen LogP contribution in [0.5, 0.6) is 0 Å². The average molecular weight is 257 g/mol. The second-order valence-electron chi connectivity index (χ2n) is 4.03. The summed E-state index contributed by atoms with van der Waals surface area (Å²) in [5.41, 5.74) is 6.71. The van der Waals surface area contributed by atoms with Crippen LogP contribution >= 0.6 is 15.9 Å². The van der Waals surface area contributed by atoms with Gasteiger partial charge in [0.1, 0.15) is 0 Å². The zero-order chi connectivity index (χ0) is 10.6. The molecule has 78 valence electrons. The van der Waals surface area contributed by atoms with Gasteiger partial charge in [0.25, 0.3) is 0 Å². The van der Waals surface area contributed by atoms with E-state index < -0.39 is 0 Å². The lowest BCUT2D eigenvalue weighted by Gasteiger charge is -2.27. The third-order valence-electron chi connectivity index (χ3n) is 2.12. The van der Waals surface area contributed by atoms with E-state index in [9.17, 15) is 0 Å². The molecule has 3 heteroatoms. The smallest absolute Gasteiger partial charge is 0.0488 e. The Kier molecular flexibility index (Phi) is 3.96. The van der Waals surface area contributed by atoms with Crippen LogP contribution in [0.2, 0.25) is 0 Å². The van der Waals surface area contributed by atoms with Gasteiger partial charge in [0.2, 0.25) is 0 Å². The van der Waals surface area contributed by atoms with Crippen LogP contribution in [0, 0.1) is 0 Å². The Morgan fingerprint density at radius 2 is 2.00 bits per heavy atom. The van der Waals surface area contributed by atoms with Gasteiger partial charge in [0, 0.05) is 15.7 Å². The van der Waals surface area contributed by atoms with E-state index >= 15 is 0 Å². The average Bonchev–Trinajstić information content (AvgIpc) is 2.08. The molecular weight excluding hydrogens is 240 g/mol. The number of nitrogens with two attached hydrogens (primary N) is 1. The van der Waals surface area contributed by atoms with Crippen molar-refractivity contribution in [1.82, 2.24) is 0 Å². The van der Waals surface area contributed by atoms with Crippen LogP contribution in [-0.4, -0.2) is 12.1 Å². The lowest BCUT2D eigenvalue weighted by Crippen LogP contribution is -2.33. The molecule has 0 saturated carbocycles. The van der Waals surface area contributed by atoms with Crippen molar-refractivity contribution >= 4 is 21.6 Å². The highest BCUT2D eigenvalue weighted by Gasteiger charge is 2.16. The molecule has 0 radical (unpaired) electrons. The van der Waals surface area contributed by atoms with Crippen molar-refractivity contribution in [2.24, 2.45) is 5.73 Å². The Bertz CT molecular complexity index is 297. The summed E-state index contributed by atoms with van der Waals surface area (Å²) in [6, 6.07) is 8.11. The Balaban J connectivity index is 2.73. The monoisotopic (exact) mass is 256 g/mol. The zero-order valence-corrected chi connectivity index (χ0v) is 10.3. The first kappa shape index (κ1) is 11.5. The summed E-state index contributed by atoms with van der Waals surface area (Å²) in [6.45, 7) is 5.00. The topological polar surface area (TPSA) is 38.0 Å². The molecule has 1 rings (SSSR count). The number of anilines is 1. The molecule has 0 atom stereocenters. The molecule has 2 nitrogen and oxygen atoms in total. The van der Waals surface area contributed by atoms with Gasteiger partial charge >= 0.3 is 0 Å². The van der Waals surface area contributed by atoms with E-state index in [0.717, 1.165) is 16.6 Å². The van der Waals surface area contributed by atoms with Crippen molar-refractivity contribution in [2.75, 3.05) is 11.9 Å². The molecule has 1 aromatic carbocycles. The van der Waals surface area contributed by atoms with Crippen LogP contribution in [0.4, 0.5) is 5.69 Å². The fourth-order valence-corrected chi connectivity index (χ4v) is 1.73. The summed E-state index contributed by atoms with van der Waals surface area (Å²) in [7, 11) is 0. The second kappa shape index (κ2) is 4.80. The lowest BCUT2D eigenvalue weighted by molar-refractivity contribution is 0.526. The number of nitrogens with one attached hydrogen (secondary N) is 1. The number of hydrogen-bond acceptors (Lipinski definition) is 2. The molecule has 0 unspecified atom stereocenters. The third kappa shape index (κ3) is 3.31. The number of halogens is 1. The van der Waals surface area contributed by atoms with E-state index in [2.05, 4.69) is 41.2 Å². The lowest BCUT2D eigenvalue weighted by atomic mass is 10.0. The van der Waals surface area contributed by atoms with Gasteiger partial charge in [0.05, 0.1) is 0 Å². The highest BCUT2D eigenvalue weighted by atomic mass is 79.9. The fourth-order valence-electron chi connectivity index (χ4n) is 1.35. The predicted molar refractivity (Wildman–Crippen MR) is 65.5 cm³/mol. The quantitative estimate of drug-likeness (QED) is 0.870. The van der Waals surface area contributed by atoms with Gasteiger partial charge in [-0.3, -0.25) is 0 Å². The second-order valence-corrected chi connectivity index (χ2v) is 4.88. The van der Waals surface area contributed by atoms with Crippen molar-refractivity contribution < 1.29 is 0 Å². The first-order valence-electron chi connectivity index (χ1n) is 4.78. The molecule has 0 aromatic heterocycles. The van der Waals surface area contributed by atoms with E-state index in [1.807, 2.05) is 18.2 Å². The summed E-state index contributed by atoms with van der Waals surface area (Å²) < 4.78 is 1.09. The van der Waals surface area contributed by atoms with E-state index in [4.69, 9.17) is 5.73 Å². The maximum Gasteiger partial charge on any atom is 0.0488 e. The standard InChI is InChI=1S/C11H17BrN2/c1-11(2,7-8-13)14-10-6-4-3-5-9(10)12/h3-6,14H,7-8,13H2,1-2H3. The molecular formula is C11H17BrN2. The van der Waals surface area contributed by atoms with Crippen molar-refractivity contribution in [3.05, 3.63) is 28.7 Å². The molecule has 3 N–H and O–H groups in total. The van der Waals surface area contributed by atoms with Crippen LogP contribution in [0.1, 0.15) is 20.3 Å². The molecule has 1 aromatic rings. The minimum absolute atomic E-state index is 0.0403. The van der Waals surface area contributed by atoms with Gasteiger partial charge in [-0.2, -0.15) is 0 Å². The van der Waals surface area contributed by atoms with Crippen molar-refractivity contribution in [3.63, 3.8) is 0 Å². The summed E-state index contributed by atoms with van der Waals surface area (Å²) in [5, 5.41) is 3.46. The van der Waals surface area contributed by atoms with Crippen LogP contribution in [0.25, 0.3) is 0 Å². The molecule has 0 bridgehead atoms. The summed E-state index contributed by atoms with van der Waals surface area (Å²) in [5.74, 6) is 0. The molecule has 0 aliphatic heterocycles. The van der Waals surface area contributed by atoms with Crippen LogP contribution in [0.15, 0.2) is 28.7 Å². The minimum Gasteiger partial charge on any atom is -0.379 e. The Morgan fingerprint density at radius 1 is 1.36 bits per heavy atom. The summed E-state index contributed by atoms with van der Waals surface area (Å²) in [4.78, 5) is 0. The van der Waals surface area contributed by atoms with Crippen molar-refractivity contribution in [2.45, 2.75) is 25.8 Å². The largest absolute Gasteiger partial charge is 0.379 e. The number of hydrogen-bond donors (Lipinski definition) is 2. The maximum atomic E-state index is 5.55. The van der Waals surface area contributed by atoms with Gasteiger partial charge in [-0.1, -0.05) is 12.1 Å². The van der Waals surface area contributed by atoms with E-state index in [0.29, 0.717) is 6.54 Å². The number of para-hydroxylation sites is 1. The Labute approximate surface area is 94.0 Å².